The fraction of sp³-hybridized carbons (Fsp3) is 0.500. The molecule has 2 aliphatic heterocycles. The Hall–Kier alpha value is -3.08. The number of piperidine rings is 1. The van der Waals surface area contributed by atoms with Gasteiger partial charge in [0, 0.05) is 41.2 Å². The second kappa shape index (κ2) is 11.5. The molecule has 2 atom stereocenters. The van der Waals surface area contributed by atoms with Gasteiger partial charge in [0.05, 0.1) is 24.5 Å². The minimum atomic E-state index is -4.59. The highest BCUT2D eigenvalue weighted by Crippen LogP contribution is 2.37. The lowest BCUT2D eigenvalue weighted by atomic mass is 9.97. The predicted molar refractivity (Wildman–Crippen MR) is 142 cm³/mol. The summed E-state index contributed by atoms with van der Waals surface area (Å²) in [5.74, 6) is -0.870. The summed E-state index contributed by atoms with van der Waals surface area (Å²) in [6.07, 6.45) is -3.41. The van der Waals surface area contributed by atoms with Crippen molar-refractivity contribution in [2.45, 2.75) is 64.3 Å². The zero-order valence-corrected chi connectivity index (χ0v) is 24.5. The number of benzene rings is 1. The van der Waals surface area contributed by atoms with Gasteiger partial charge in [-0.15, -0.1) is 11.3 Å². The number of fused-ring (bicyclic) bond motifs is 1. The van der Waals surface area contributed by atoms with Crippen molar-refractivity contribution in [3.8, 4) is 5.75 Å². The Morgan fingerprint density at radius 2 is 1.83 bits per heavy atom. The number of thiazole rings is 1. The van der Waals surface area contributed by atoms with Crippen LogP contribution in [-0.4, -0.2) is 53.3 Å². The number of halogens is 4. The van der Waals surface area contributed by atoms with Gasteiger partial charge < -0.3 is 18.6 Å². The molecule has 2 unspecified atom stereocenters. The summed E-state index contributed by atoms with van der Waals surface area (Å²) in [4.78, 5) is 19.4. The molecule has 1 amide bonds. The second-order valence-corrected chi connectivity index (χ2v) is 12.7. The topological polar surface area (TPSA) is 113 Å². The summed E-state index contributed by atoms with van der Waals surface area (Å²) in [6, 6.07) is 2.38. The van der Waals surface area contributed by atoms with Crippen LogP contribution in [0.3, 0.4) is 0 Å². The van der Waals surface area contributed by atoms with Crippen LogP contribution in [-0.2, 0) is 43.8 Å². The van der Waals surface area contributed by atoms with Gasteiger partial charge in [-0.3, -0.25) is 9.48 Å². The number of rotatable bonds is 6. The summed E-state index contributed by atoms with van der Waals surface area (Å²) in [7, 11) is -3.84. The third kappa shape index (κ3) is 6.45. The molecule has 1 fully saturated rings. The summed E-state index contributed by atoms with van der Waals surface area (Å²) in [5, 5.41) is 6.19. The van der Waals surface area contributed by atoms with Crippen LogP contribution >= 0.6 is 11.3 Å². The molecule has 42 heavy (non-hydrogen) atoms. The Morgan fingerprint density at radius 3 is 2.45 bits per heavy atom. The lowest BCUT2D eigenvalue weighted by Gasteiger charge is -2.33. The van der Waals surface area contributed by atoms with E-state index in [2.05, 4.69) is 10.1 Å². The number of nitrogens with zero attached hydrogens (tertiary/aromatic N) is 4. The molecule has 3 aromatic rings. The van der Waals surface area contributed by atoms with Gasteiger partial charge in [0.15, 0.2) is 5.69 Å². The van der Waals surface area contributed by atoms with Crippen LogP contribution in [0.25, 0.3) is 0 Å². The summed E-state index contributed by atoms with van der Waals surface area (Å²) in [5.41, 5.74) is 0.0815. The first-order valence-corrected chi connectivity index (χ1v) is 15.7. The van der Waals surface area contributed by atoms with Crippen molar-refractivity contribution in [1.82, 2.24) is 19.7 Å². The van der Waals surface area contributed by atoms with Crippen molar-refractivity contribution < 1.29 is 44.4 Å². The Labute approximate surface area is 243 Å². The van der Waals surface area contributed by atoms with Crippen molar-refractivity contribution in [2.75, 3.05) is 19.3 Å². The van der Waals surface area contributed by atoms with Gasteiger partial charge in [0.2, 0.25) is 12.2 Å². The molecule has 0 aliphatic carbocycles. The molecule has 0 spiro atoms. The number of aromatic nitrogens is 3. The van der Waals surface area contributed by atoms with E-state index in [9.17, 15) is 30.8 Å². The average molecular weight is 633 g/mol. The summed E-state index contributed by atoms with van der Waals surface area (Å²) in [6.45, 7) is 3.49. The maximum Gasteiger partial charge on any atom is 0.435 e. The third-order valence-corrected chi connectivity index (χ3v) is 8.71. The standard InChI is InChI=1S/C26H28F4N4O6S2/c1-14-10-22(26(28,29)30)32-34(14)15(2)24(35)33-8-6-16(7-9-33)23-31-20(13-41-23)25-38-11-17-18(12-39-25)21(5-4-19(17)27)40-42(3,36)37/h4-5,10,13,15-16,25H,6-9,11-12H2,1-3H3. The van der Waals surface area contributed by atoms with E-state index >= 15 is 0 Å². The Kier molecular flexibility index (Phi) is 8.35. The highest BCUT2D eigenvalue weighted by molar-refractivity contribution is 7.86. The quantitative estimate of drug-likeness (QED) is 0.280. The highest BCUT2D eigenvalue weighted by atomic mass is 32.2. The van der Waals surface area contributed by atoms with E-state index in [0.29, 0.717) is 31.6 Å². The molecule has 4 heterocycles. The molecule has 2 aromatic heterocycles. The largest absolute Gasteiger partial charge is 0.435 e. The van der Waals surface area contributed by atoms with Crippen LogP contribution in [0.1, 0.15) is 71.2 Å². The SMILES string of the molecule is Cc1cc(C(F)(F)F)nn1C(C)C(=O)N1CCC(c2nc(C3OCc4c(F)ccc(OS(C)(=O)=O)c4CO3)cs2)CC1. The van der Waals surface area contributed by atoms with Crippen LogP contribution in [0, 0.1) is 12.7 Å². The van der Waals surface area contributed by atoms with Crippen molar-refractivity contribution in [1.29, 1.82) is 0 Å². The van der Waals surface area contributed by atoms with E-state index in [4.69, 9.17) is 13.7 Å². The zero-order chi connectivity index (χ0) is 30.4. The van der Waals surface area contributed by atoms with Gasteiger partial charge in [-0.25, -0.2) is 9.37 Å². The van der Waals surface area contributed by atoms with Crippen molar-refractivity contribution in [3.05, 3.63) is 62.6 Å². The number of amides is 1. The average Bonchev–Trinajstić information content (AvgIpc) is 3.50. The first-order valence-electron chi connectivity index (χ1n) is 13.0. The van der Waals surface area contributed by atoms with Crippen molar-refractivity contribution in [3.63, 3.8) is 0 Å². The zero-order valence-electron chi connectivity index (χ0n) is 22.9. The van der Waals surface area contributed by atoms with Gasteiger partial charge >= 0.3 is 16.3 Å². The highest BCUT2D eigenvalue weighted by Gasteiger charge is 2.36. The second-order valence-electron chi connectivity index (χ2n) is 10.2. The van der Waals surface area contributed by atoms with Crippen LogP contribution in [0.2, 0.25) is 0 Å². The van der Waals surface area contributed by atoms with Crippen LogP contribution in [0.5, 0.6) is 5.75 Å². The fourth-order valence-electron chi connectivity index (χ4n) is 5.07. The maximum atomic E-state index is 14.5. The molecule has 0 bridgehead atoms. The normalized spacial score (nSPS) is 19.3. The van der Waals surface area contributed by atoms with Crippen LogP contribution in [0.4, 0.5) is 17.6 Å². The number of carbonyl (C=O) groups excluding carboxylic acids is 1. The van der Waals surface area contributed by atoms with Gasteiger partial charge in [-0.05, 0) is 44.9 Å². The van der Waals surface area contributed by atoms with Gasteiger partial charge in [0.1, 0.15) is 23.3 Å². The number of ether oxygens (including phenoxy) is 2. The summed E-state index contributed by atoms with van der Waals surface area (Å²) < 4.78 is 94.7. The molecule has 5 rings (SSSR count). The molecule has 0 N–H and O–H groups in total. The molecule has 1 aromatic carbocycles. The first kappa shape index (κ1) is 30.4. The summed E-state index contributed by atoms with van der Waals surface area (Å²) >= 11 is 1.40. The monoisotopic (exact) mass is 632 g/mol. The molecular formula is C26H28F4N4O6S2. The molecule has 10 nitrogen and oxygen atoms in total. The lowest BCUT2D eigenvalue weighted by molar-refractivity contribution is -0.155. The Morgan fingerprint density at radius 1 is 1.17 bits per heavy atom. The molecule has 0 saturated carbocycles. The van der Waals surface area contributed by atoms with Gasteiger partial charge in [-0.1, -0.05) is 0 Å². The lowest BCUT2D eigenvalue weighted by Crippen LogP contribution is -2.41. The molecular weight excluding hydrogens is 604 g/mol. The number of hydrogen-bond acceptors (Lipinski definition) is 9. The number of hydrogen-bond donors (Lipinski definition) is 0. The molecule has 228 valence electrons. The Balaban J connectivity index is 1.21. The van der Waals surface area contributed by atoms with E-state index in [0.717, 1.165) is 28.1 Å². The molecule has 2 aliphatic rings. The molecule has 1 saturated heterocycles. The van der Waals surface area contributed by atoms with E-state index in [1.807, 2.05) is 0 Å². The van der Waals surface area contributed by atoms with Crippen LogP contribution in [0.15, 0.2) is 23.6 Å². The number of likely N-dealkylation sites (tertiary alicyclic amines) is 1. The van der Waals surface area contributed by atoms with Crippen molar-refractivity contribution >= 4 is 27.4 Å². The predicted octanol–water partition coefficient (Wildman–Crippen LogP) is 4.86. The number of carbonyl (C=O) groups is 1. The number of aryl methyl sites for hydroxylation is 1. The van der Waals surface area contributed by atoms with Gasteiger partial charge in [-0.2, -0.15) is 26.7 Å². The smallest absolute Gasteiger partial charge is 0.382 e. The minimum absolute atomic E-state index is 0.0312. The van der Waals surface area contributed by atoms with Gasteiger partial charge in [0.25, 0.3) is 0 Å². The Bertz CT molecular complexity index is 1580. The van der Waals surface area contributed by atoms with Crippen molar-refractivity contribution in [2.24, 2.45) is 0 Å². The first-order chi connectivity index (χ1) is 19.7. The molecule has 16 heteroatoms. The fourth-order valence-corrected chi connectivity index (χ4v) is 6.54. The molecule has 0 radical (unpaired) electrons. The maximum absolute atomic E-state index is 14.5. The minimum Gasteiger partial charge on any atom is -0.382 e. The van der Waals surface area contributed by atoms with Crippen LogP contribution < -0.4 is 4.18 Å². The van der Waals surface area contributed by atoms with E-state index in [-0.39, 0.29) is 47.6 Å². The number of alkyl halides is 3. The van der Waals surface area contributed by atoms with E-state index in [1.54, 1.807) is 10.3 Å². The van der Waals surface area contributed by atoms with E-state index < -0.39 is 40.1 Å². The van der Waals surface area contributed by atoms with E-state index in [1.165, 1.54) is 31.3 Å². The third-order valence-electron chi connectivity index (χ3n) is 7.20.